The van der Waals surface area contributed by atoms with Gasteiger partial charge in [0.05, 0.1) is 10.9 Å². The number of pyridine rings is 1. The van der Waals surface area contributed by atoms with Crippen LogP contribution in [0.25, 0.3) is 65.9 Å². The van der Waals surface area contributed by atoms with Crippen molar-refractivity contribution in [2.45, 2.75) is 34.1 Å². The van der Waals surface area contributed by atoms with Crippen molar-refractivity contribution >= 4 is 54.6 Å². The molecule has 3 heterocycles. The van der Waals surface area contributed by atoms with Crippen molar-refractivity contribution in [1.29, 1.82) is 0 Å². The molecule has 0 saturated carbocycles. The highest BCUT2D eigenvalue weighted by atomic mass is 19.1. The Kier molecular flexibility index (Phi) is 4.93. The maximum atomic E-state index is 14.1. The molecule has 0 aliphatic rings. The Balaban J connectivity index is 1.56. The van der Waals surface area contributed by atoms with Gasteiger partial charge in [-0.1, -0.05) is 26.0 Å². The molecule has 0 bridgehead atoms. The summed E-state index contributed by atoms with van der Waals surface area (Å²) in [6.07, 6.45) is 3.11. The molecule has 0 spiro atoms. The van der Waals surface area contributed by atoms with Crippen molar-refractivity contribution in [3.05, 3.63) is 89.4 Å². The van der Waals surface area contributed by atoms with E-state index in [1.165, 1.54) is 23.3 Å². The van der Waals surface area contributed by atoms with Crippen LogP contribution >= 0.6 is 0 Å². The number of hydrogen-bond acceptors (Lipinski definition) is 2. The van der Waals surface area contributed by atoms with E-state index in [-0.39, 0.29) is 5.82 Å². The first-order valence-corrected chi connectivity index (χ1v) is 13.2. The number of aryl methyl sites for hydroxylation is 2. The van der Waals surface area contributed by atoms with Crippen LogP contribution in [0.5, 0.6) is 0 Å². The zero-order valence-electron chi connectivity index (χ0n) is 22.3. The topological polar surface area (TPSA) is 30.2 Å². The number of halogens is 1. The van der Waals surface area contributed by atoms with Crippen LogP contribution in [0.3, 0.4) is 0 Å². The largest absolute Gasteiger partial charge is 0.455 e. The van der Waals surface area contributed by atoms with E-state index in [1.54, 1.807) is 0 Å². The molecule has 4 aromatic carbocycles. The van der Waals surface area contributed by atoms with Crippen LogP contribution in [-0.4, -0.2) is 0 Å². The second-order valence-corrected chi connectivity index (χ2v) is 11.0. The first-order valence-electron chi connectivity index (χ1n) is 13.2. The molecule has 0 aliphatic carbocycles. The predicted octanol–water partition coefficient (Wildman–Crippen LogP) is 9.08. The van der Waals surface area contributed by atoms with Crippen LogP contribution in [0, 0.1) is 25.6 Å². The molecule has 0 amide bonds. The van der Waals surface area contributed by atoms with Crippen LogP contribution in [0.1, 0.15) is 30.5 Å². The molecule has 0 atom stereocenters. The van der Waals surface area contributed by atoms with E-state index in [9.17, 15) is 4.39 Å². The van der Waals surface area contributed by atoms with Crippen molar-refractivity contribution in [1.82, 2.24) is 0 Å². The molecule has 3 aromatic heterocycles. The Morgan fingerprint density at radius 2 is 1.39 bits per heavy atom. The predicted molar refractivity (Wildman–Crippen MR) is 153 cm³/mol. The third kappa shape index (κ3) is 3.29. The number of benzene rings is 4. The Morgan fingerprint density at radius 1 is 0.737 bits per heavy atom. The number of nitrogens with zero attached hydrogens (tertiary/aromatic N) is 1. The zero-order valence-corrected chi connectivity index (χ0v) is 22.3. The molecule has 0 unspecified atom stereocenters. The van der Waals surface area contributed by atoms with Crippen LogP contribution < -0.4 is 4.57 Å². The minimum Gasteiger partial charge on any atom is -0.455 e. The third-order valence-corrected chi connectivity index (χ3v) is 7.94. The van der Waals surface area contributed by atoms with E-state index in [1.807, 2.05) is 6.07 Å². The highest BCUT2D eigenvalue weighted by molar-refractivity contribution is 6.18. The van der Waals surface area contributed by atoms with E-state index in [0.717, 1.165) is 72.3 Å². The van der Waals surface area contributed by atoms with Gasteiger partial charge in [-0.25, -0.2) is 8.96 Å². The van der Waals surface area contributed by atoms with Crippen molar-refractivity contribution in [3.63, 3.8) is 0 Å². The monoisotopic (exact) mass is 502 g/mol. The average molecular weight is 503 g/mol. The van der Waals surface area contributed by atoms with E-state index in [0.29, 0.717) is 11.5 Å². The number of furan rings is 2. The maximum Gasteiger partial charge on any atom is 0.224 e. The molecule has 0 aliphatic heterocycles. The summed E-state index contributed by atoms with van der Waals surface area (Å²) in [6.45, 7) is 8.73. The molecule has 0 fully saturated rings. The second-order valence-electron chi connectivity index (χ2n) is 11.0. The van der Waals surface area contributed by atoms with Crippen molar-refractivity contribution in [2.75, 3.05) is 0 Å². The quantitative estimate of drug-likeness (QED) is 0.226. The van der Waals surface area contributed by atoms with Gasteiger partial charge in [-0.3, -0.25) is 0 Å². The van der Waals surface area contributed by atoms with Gasteiger partial charge < -0.3 is 8.83 Å². The van der Waals surface area contributed by atoms with Gasteiger partial charge in [0, 0.05) is 39.1 Å². The summed E-state index contributed by atoms with van der Waals surface area (Å²) in [6, 6.07) is 20.0. The summed E-state index contributed by atoms with van der Waals surface area (Å²) in [4.78, 5) is 0. The van der Waals surface area contributed by atoms with E-state index in [2.05, 4.69) is 88.0 Å². The van der Waals surface area contributed by atoms with Gasteiger partial charge in [-0.2, -0.15) is 0 Å². The molecular weight excluding hydrogens is 473 g/mol. The fourth-order valence-corrected chi connectivity index (χ4v) is 6.03. The van der Waals surface area contributed by atoms with Gasteiger partial charge in [0.25, 0.3) is 0 Å². The molecule has 0 radical (unpaired) electrons. The number of hydrogen-bond donors (Lipinski definition) is 0. The van der Waals surface area contributed by atoms with E-state index in [4.69, 9.17) is 8.83 Å². The Hall–Kier alpha value is -4.18. The first-order chi connectivity index (χ1) is 18.3. The van der Waals surface area contributed by atoms with Crippen molar-refractivity contribution in [3.8, 4) is 11.3 Å². The molecule has 3 nitrogen and oxygen atoms in total. The summed E-state index contributed by atoms with van der Waals surface area (Å²) in [5, 5.41) is 6.33. The van der Waals surface area contributed by atoms with Gasteiger partial charge in [0.15, 0.2) is 6.20 Å². The van der Waals surface area contributed by atoms with Crippen LogP contribution in [0.4, 0.5) is 4.39 Å². The fraction of sp³-hybridized carbons (Fsp3) is 0.206. The second kappa shape index (κ2) is 8.16. The number of aromatic nitrogens is 1. The van der Waals surface area contributed by atoms with Gasteiger partial charge in [-0.05, 0) is 79.3 Å². The molecule has 7 aromatic rings. The van der Waals surface area contributed by atoms with Gasteiger partial charge >= 0.3 is 0 Å². The molecule has 0 N–H and O–H groups in total. The standard InChI is InChI=1S/C34H29FNO2/c1-18(2)14-21-6-8-23-26-11-10-25-27(33(26)37-29(23)16-21)12-13-36(5)32(25)31-20(4)19(3)15-28-24-9-7-22(35)17-30(24)38-34(28)31/h6-13,15-18H,14H2,1-5H3/q+1. The SMILES string of the molecule is Cc1cc2c(oc3cc(F)ccc32)c(-c2c3ccc4c5ccc(CC(C)C)cc5oc4c3cc[n+]2C)c1C. The highest BCUT2D eigenvalue weighted by Crippen LogP contribution is 2.42. The lowest BCUT2D eigenvalue weighted by Gasteiger charge is -2.11. The Morgan fingerprint density at radius 3 is 2.21 bits per heavy atom. The summed E-state index contributed by atoms with van der Waals surface area (Å²) in [5.74, 6) is 0.287. The van der Waals surface area contributed by atoms with Gasteiger partial charge in [0.2, 0.25) is 5.69 Å². The van der Waals surface area contributed by atoms with Crippen molar-refractivity contribution < 1.29 is 17.8 Å². The number of rotatable bonds is 3. The Bertz CT molecular complexity index is 2080. The van der Waals surface area contributed by atoms with Crippen LogP contribution in [-0.2, 0) is 13.5 Å². The molecule has 188 valence electrons. The van der Waals surface area contributed by atoms with E-state index < -0.39 is 0 Å². The summed E-state index contributed by atoms with van der Waals surface area (Å²) in [5.41, 5.74) is 8.84. The molecular formula is C34H29FNO2+. The van der Waals surface area contributed by atoms with E-state index >= 15 is 0 Å². The molecule has 4 heteroatoms. The number of fused-ring (bicyclic) bond motifs is 8. The fourth-order valence-electron chi connectivity index (χ4n) is 6.03. The normalized spacial score (nSPS) is 12.3. The lowest BCUT2D eigenvalue weighted by atomic mass is 9.93. The van der Waals surface area contributed by atoms with Crippen LogP contribution in [0.15, 0.2) is 75.7 Å². The van der Waals surface area contributed by atoms with Crippen molar-refractivity contribution in [2.24, 2.45) is 13.0 Å². The van der Waals surface area contributed by atoms with Gasteiger partial charge in [-0.15, -0.1) is 0 Å². The third-order valence-electron chi connectivity index (χ3n) is 7.94. The molecule has 0 saturated heterocycles. The highest BCUT2D eigenvalue weighted by Gasteiger charge is 2.26. The summed E-state index contributed by atoms with van der Waals surface area (Å²) in [7, 11) is 2.06. The lowest BCUT2D eigenvalue weighted by Crippen LogP contribution is -2.30. The summed E-state index contributed by atoms with van der Waals surface area (Å²) < 4.78 is 29.1. The minimum absolute atomic E-state index is 0.300. The summed E-state index contributed by atoms with van der Waals surface area (Å²) >= 11 is 0. The smallest absolute Gasteiger partial charge is 0.224 e. The first kappa shape index (κ1) is 23.0. The maximum absolute atomic E-state index is 14.1. The lowest BCUT2D eigenvalue weighted by molar-refractivity contribution is -0.659. The molecule has 38 heavy (non-hydrogen) atoms. The average Bonchev–Trinajstić information content (AvgIpc) is 3.42. The molecule has 7 rings (SSSR count). The minimum atomic E-state index is -0.300. The van der Waals surface area contributed by atoms with Gasteiger partial charge in [0.1, 0.15) is 35.2 Å². The Labute approximate surface area is 220 Å². The zero-order chi connectivity index (χ0) is 26.3. The van der Waals surface area contributed by atoms with Crippen LogP contribution in [0.2, 0.25) is 0 Å².